The SMILES string of the molecule is CN=C(NC)SCc1nc2sc(C(=O)OC)c(C)c2c(=O)[nH]1. The van der Waals surface area contributed by atoms with Crippen LogP contribution in [0.25, 0.3) is 10.2 Å². The molecule has 7 nitrogen and oxygen atoms in total. The van der Waals surface area contributed by atoms with Crippen LogP contribution in [0.5, 0.6) is 0 Å². The Hall–Kier alpha value is -1.87. The number of thioether (sulfide) groups is 1. The predicted molar refractivity (Wildman–Crippen MR) is 90.0 cm³/mol. The van der Waals surface area contributed by atoms with E-state index in [1.54, 1.807) is 21.0 Å². The van der Waals surface area contributed by atoms with Crippen LogP contribution in [0.4, 0.5) is 0 Å². The molecule has 0 fully saturated rings. The van der Waals surface area contributed by atoms with Crippen LogP contribution in [-0.2, 0) is 10.5 Å². The lowest BCUT2D eigenvalue weighted by molar-refractivity contribution is 0.0605. The number of esters is 1. The molecule has 0 radical (unpaired) electrons. The first-order chi connectivity index (χ1) is 10.5. The maximum Gasteiger partial charge on any atom is 0.348 e. The fourth-order valence-corrected chi connectivity index (χ4v) is 3.73. The molecule has 0 aliphatic heterocycles. The lowest BCUT2D eigenvalue weighted by Gasteiger charge is -2.03. The van der Waals surface area contributed by atoms with Gasteiger partial charge < -0.3 is 15.0 Å². The third kappa shape index (κ3) is 3.14. The number of rotatable bonds is 3. The molecule has 0 aromatic carbocycles. The summed E-state index contributed by atoms with van der Waals surface area (Å²) < 4.78 is 4.73. The van der Waals surface area contributed by atoms with Gasteiger partial charge in [-0.15, -0.1) is 11.3 Å². The standard InChI is InChI=1S/C13H16N4O3S2/c1-6-8-10(18)16-7(5-21-13(14-2)15-3)17-11(8)22-9(6)12(19)20-4/h5H2,1-4H3,(H,14,15)(H,16,17,18). The van der Waals surface area contributed by atoms with Gasteiger partial charge in [-0.1, -0.05) is 11.8 Å². The van der Waals surface area contributed by atoms with Gasteiger partial charge in [0, 0.05) is 14.1 Å². The second kappa shape index (κ2) is 6.93. The molecule has 0 atom stereocenters. The minimum Gasteiger partial charge on any atom is -0.465 e. The minimum absolute atomic E-state index is 0.246. The highest BCUT2D eigenvalue weighted by Gasteiger charge is 2.19. The van der Waals surface area contributed by atoms with Crippen LogP contribution in [0.3, 0.4) is 0 Å². The van der Waals surface area contributed by atoms with Gasteiger partial charge in [-0.2, -0.15) is 0 Å². The molecule has 2 N–H and O–H groups in total. The van der Waals surface area contributed by atoms with E-state index in [0.29, 0.717) is 32.2 Å². The molecule has 9 heteroatoms. The molecule has 118 valence electrons. The summed E-state index contributed by atoms with van der Waals surface area (Å²) in [6.45, 7) is 1.72. The summed E-state index contributed by atoms with van der Waals surface area (Å²) in [5, 5.41) is 4.14. The van der Waals surface area contributed by atoms with Crippen LogP contribution in [0.1, 0.15) is 21.1 Å². The second-order valence-electron chi connectivity index (χ2n) is 4.31. The molecule has 0 aliphatic carbocycles. The molecule has 0 amide bonds. The Morgan fingerprint density at radius 2 is 2.27 bits per heavy atom. The average Bonchev–Trinajstić information content (AvgIpc) is 2.85. The molecule has 0 aliphatic rings. The Kier molecular flexibility index (Phi) is 5.19. The number of aromatic amines is 1. The van der Waals surface area contributed by atoms with Gasteiger partial charge in [0.1, 0.15) is 15.5 Å². The number of carbonyl (C=O) groups is 1. The van der Waals surface area contributed by atoms with E-state index in [1.807, 2.05) is 0 Å². The van der Waals surface area contributed by atoms with Crippen molar-refractivity contribution in [3.63, 3.8) is 0 Å². The summed E-state index contributed by atoms with van der Waals surface area (Å²) in [6, 6.07) is 0. The first kappa shape index (κ1) is 16.5. The van der Waals surface area contributed by atoms with E-state index in [0.717, 1.165) is 5.17 Å². The fourth-order valence-electron chi connectivity index (χ4n) is 1.93. The molecular weight excluding hydrogens is 324 g/mol. The Labute approximate surface area is 135 Å². The third-order valence-corrected chi connectivity index (χ3v) is 5.23. The number of nitrogens with zero attached hydrogens (tertiary/aromatic N) is 2. The Morgan fingerprint density at radius 1 is 1.55 bits per heavy atom. The summed E-state index contributed by atoms with van der Waals surface area (Å²) in [6.07, 6.45) is 0. The first-order valence-corrected chi connectivity index (χ1v) is 8.20. The van der Waals surface area contributed by atoms with Gasteiger partial charge in [0.25, 0.3) is 5.56 Å². The highest BCUT2D eigenvalue weighted by molar-refractivity contribution is 8.13. The van der Waals surface area contributed by atoms with E-state index in [1.165, 1.54) is 30.2 Å². The van der Waals surface area contributed by atoms with E-state index < -0.39 is 5.97 Å². The number of carbonyl (C=O) groups excluding carboxylic acids is 1. The summed E-state index contributed by atoms with van der Waals surface area (Å²) in [7, 11) is 4.78. The van der Waals surface area contributed by atoms with E-state index in [-0.39, 0.29) is 5.56 Å². The number of hydrogen-bond acceptors (Lipinski definition) is 7. The maximum absolute atomic E-state index is 12.2. The fraction of sp³-hybridized carbons (Fsp3) is 0.385. The van der Waals surface area contributed by atoms with Crippen LogP contribution >= 0.6 is 23.1 Å². The van der Waals surface area contributed by atoms with Crippen molar-refractivity contribution in [2.45, 2.75) is 12.7 Å². The van der Waals surface area contributed by atoms with Gasteiger partial charge >= 0.3 is 5.97 Å². The lowest BCUT2D eigenvalue weighted by atomic mass is 10.2. The van der Waals surface area contributed by atoms with Gasteiger partial charge in [-0.25, -0.2) is 9.78 Å². The number of thiophene rings is 1. The van der Waals surface area contributed by atoms with Crippen molar-refractivity contribution in [1.82, 2.24) is 15.3 Å². The van der Waals surface area contributed by atoms with Crippen LogP contribution in [0, 0.1) is 6.92 Å². The molecule has 2 aromatic rings. The third-order valence-electron chi connectivity index (χ3n) is 2.98. The highest BCUT2D eigenvalue weighted by atomic mass is 32.2. The molecule has 0 saturated carbocycles. The highest BCUT2D eigenvalue weighted by Crippen LogP contribution is 2.27. The molecule has 0 saturated heterocycles. The molecule has 0 bridgehead atoms. The van der Waals surface area contributed by atoms with Crippen molar-refractivity contribution in [2.24, 2.45) is 4.99 Å². The van der Waals surface area contributed by atoms with Gasteiger partial charge in [-0.05, 0) is 12.5 Å². The summed E-state index contributed by atoms with van der Waals surface area (Å²) >= 11 is 2.60. The van der Waals surface area contributed by atoms with Crippen molar-refractivity contribution in [3.05, 3.63) is 26.6 Å². The van der Waals surface area contributed by atoms with Crippen LogP contribution in [0.15, 0.2) is 9.79 Å². The van der Waals surface area contributed by atoms with Crippen molar-refractivity contribution in [3.8, 4) is 0 Å². The van der Waals surface area contributed by atoms with Gasteiger partial charge in [0.05, 0.1) is 18.2 Å². The molecular formula is C13H16N4O3S2. The lowest BCUT2D eigenvalue weighted by Crippen LogP contribution is -2.16. The van der Waals surface area contributed by atoms with Gasteiger partial charge in [0.2, 0.25) is 0 Å². The van der Waals surface area contributed by atoms with Crippen molar-refractivity contribution >= 4 is 44.5 Å². The summed E-state index contributed by atoms with van der Waals surface area (Å²) in [5.74, 6) is 0.561. The number of fused-ring (bicyclic) bond motifs is 1. The van der Waals surface area contributed by atoms with E-state index >= 15 is 0 Å². The Balaban J connectivity index is 2.41. The normalized spacial score (nSPS) is 11.7. The maximum atomic E-state index is 12.2. The zero-order valence-corrected chi connectivity index (χ0v) is 14.3. The van der Waals surface area contributed by atoms with E-state index in [9.17, 15) is 9.59 Å². The number of ether oxygens (including phenoxy) is 1. The van der Waals surface area contributed by atoms with Crippen molar-refractivity contribution in [1.29, 1.82) is 0 Å². The van der Waals surface area contributed by atoms with Gasteiger partial charge in [0.15, 0.2) is 5.17 Å². The smallest absolute Gasteiger partial charge is 0.348 e. The number of aliphatic imine (C=N–C) groups is 1. The largest absolute Gasteiger partial charge is 0.465 e. The molecule has 22 heavy (non-hydrogen) atoms. The van der Waals surface area contributed by atoms with Gasteiger partial charge in [-0.3, -0.25) is 9.79 Å². The Bertz CT molecular complexity index is 794. The number of nitrogens with one attached hydrogen (secondary N) is 2. The Morgan fingerprint density at radius 3 is 2.86 bits per heavy atom. The van der Waals surface area contributed by atoms with Crippen molar-refractivity contribution < 1.29 is 9.53 Å². The van der Waals surface area contributed by atoms with Crippen molar-refractivity contribution in [2.75, 3.05) is 21.2 Å². The average molecular weight is 340 g/mol. The topological polar surface area (TPSA) is 96.4 Å². The van der Waals surface area contributed by atoms with Crippen LogP contribution in [-0.4, -0.2) is 42.3 Å². The zero-order valence-electron chi connectivity index (χ0n) is 12.6. The number of hydrogen-bond donors (Lipinski definition) is 2. The van der Waals surface area contributed by atoms with Crippen LogP contribution in [0.2, 0.25) is 0 Å². The number of aryl methyl sites for hydroxylation is 1. The number of H-pyrrole nitrogens is 1. The van der Waals surface area contributed by atoms with E-state index in [2.05, 4.69) is 20.3 Å². The minimum atomic E-state index is -0.452. The predicted octanol–water partition coefficient (Wildman–Crippen LogP) is 1.52. The molecule has 2 rings (SSSR count). The second-order valence-corrected chi connectivity index (χ2v) is 6.27. The monoisotopic (exact) mass is 340 g/mol. The molecule has 0 unspecified atom stereocenters. The van der Waals surface area contributed by atoms with Crippen LogP contribution < -0.4 is 10.9 Å². The molecule has 0 spiro atoms. The summed E-state index contributed by atoms with van der Waals surface area (Å²) in [5.41, 5.74) is 0.356. The number of amidine groups is 1. The molecule has 2 heterocycles. The molecule has 2 aromatic heterocycles. The number of methoxy groups -OCH3 is 1. The first-order valence-electron chi connectivity index (χ1n) is 6.39. The number of aromatic nitrogens is 2. The zero-order chi connectivity index (χ0) is 16.3. The summed E-state index contributed by atoms with van der Waals surface area (Å²) in [4.78, 5) is 36.1. The quantitative estimate of drug-likeness (QED) is 0.499. The van der Waals surface area contributed by atoms with E-state index in [4.69, 9.17) is 4.74 Å².